The van der Waals surface area contributed by atoms with Crippen LogP contribution in [0.2, 0.25) is 0 Å². The van der Waals surface area contributed by atoms with Gasteiger partial charge in [0.2, 0.25) is 5.91 Å². The highest BCUT2D eigenvalue weighted by Crippen LogP contribution is 2.22. The molecule has 1 N–H and O–H groups in total. The highest BCUT2D eigenvalue weighted by molar-refractivity contribution is 7.91. The largest absolute Gasteiger partial charge is 0.497 e. The standard InChI is InChI=1S/C22H26N2O4S/c1-3-4-5-21(19-10-12-20(28-2)13-11-19)24-22(25)16-29(26,27)15-18-8-6-17(14-23)7-9-18/h6-13,21H,3-5,15-16H2,1-2H3,(H,24,25). The predicted molar refractivity (Wildman–Crippen MR) is 112 cm³/mol. The first-order valence-corrected chi connectivity index (χ1v) is 11.3. The van der Waals surface area contributed by atoms with Gasteiger partial charge in [-0.05, 0) is 41.8 Å². The van der Waals surface area contributed by atoms with Crippen molar-refractivity contribution >= 4 is 15.7 Å². The van der Waals surface area contributed by atoms with Crippen molar-refractivity contribution < 1.29 is 17.9 Å². The molecule has 1 amide bonds. The van der Waals surface area contributed by atoms with Crippen LogP contribution in [0.25, 0.3) is 0 Å². The maximum absolute atomic E-state index is 12.5. The van der Waals surface area contributed by atoms with Crippen molar-refractivity contribution in [2.24, 2.45) is 0 Å². The van der Waals surface area contributed by atoms with Crippen LogP contribution >= 0.6 is 0 Å². The normalized spacial score (nSPS) is 12.0. The number of ether oxygens (including phenoxy) is 1. The summed E-state index contributed by atoms with van der Waals surface area (Å²) in [6, 6.07) is 15.5. The minimum Gasteiger partial charge on any atom is -0.497 e. The fourth-order valence-electron chi connectivity index (χ4n) is 2.98. The Morgan fingerprint density at radius 2 is 1.79 bits per heavy atom. The molecule has 1 atom stereocenters. The molecule has 0 fully saturated rings. The van der Waals surface area contributed by atoms with Gasteiger partial charge in [0, 0.05) is 0 Å². The monoisotopic (exact) mass is 414 g/mol. The molecule has 1 unspecified atom stereocenters. The Morgan fingerprint density at radius 1 is 1.14 bits per heavy atom. The number of carbonyl (C=O) groups excluding carboxylic acids is 1. The average Bonchev–Trinajstić information content (AvgIpc) is 2.71. The van der Waals surface area contributed by atoms with Gasteiger partial charge >= 0.3 is 0 Å². The molecule has 0 saturated heterocycles. The van der Waals surface area contributed by atoms with Crippen molar-refractivity contribution in [3.63, 3.8) is 0 Å². The lowest BCUT2D eigenvalue weighted by atomic mass is 10.0. The summed E-state index contributed by atoms with van der Waals surface area (Å²) >= 11 is 0. The summed E-state index contributed by atoms with van der Waals surface area (Å²) in [7, 11) is -2.04. The van der Waals surface area contributed by atoms with E-state index >= 15 is 0 Å². The third kappa shape index (κ3) is 7.24. The number of benzene rings is 2. The molecule has 0 aliphatic heterocycles. The lowest BCUT2D eigenvalue weighted by molar-refractivity contribution is -0.119. The van der Waals surface area contributed by atoms with E-state index in [1.807, 2.05) is 30.3 Å². The Hall–Kier alpha value is -2.85. The second kappa shape index (κ2) is 10.6. The summed E-state index contributed by atoms with van der Waals surface area (Å²) in [4.78, 5) is 12.5. The third-order valence-corrected chi connectivity index (χ3v) is 6.00. The molecule has 6 nitrogen and oxygen atoms in total. The zero-order valence-electron chi connectivity index (χ0n) is 16.7. The summed E-state index contributed by atoms with van der Waals surface area (Å²) < 4.78 is 30.0. The summed E-state index contributed by atoms with van der Waals surface area (Å²) in [5.41, 5.74) is 1.92. The fraction of sp³-hybridized carbons (Fsp3) is 0.364. The number of amides is 1. The van der Waals surface area contributed by atoms with Gasteiger partial charge < -0.3 is 10.1 Å². The van der Waals surface area contributed by atoms with E-state index in [1.54, 1.807) is 31.4 Å². The zero-order valence-corrected chi connectivity index (χ0v) is 17.5. The second-order valence-electron chi connectivity index (χ2n) is 6.88. The molecule has 154 valence electrons. The molecule has 0 aliphatic carbocycles. The predicted octanol–water partition coefficient (Wildman–Crippen LogP) is 3.53. The van der Waals surface area contributed by atoms with Gasteiger partial charge in [-0.3, -0.25) is 4.79 Å². The van der Waals surface area contributed by atoms with E-state index in [9.17, 15) is 13.2 Å². The van der Waals surface area contributed by atoms with E-state index in [-0.39, 0.29) is 11.8 Å². The van der Waals surface area contributed by atoms with Gasteiger partial charge in [0.05, 0.1) is 30.5 Å². The Kier molecular flexibility index (Phi) is 8.22. The molecule has 7 heteroatoms. The molecular weight excluding hydrogens is 388 g/mol. The summed E-state index contributed by atoms with van der Waals surface area (Å²) in [6.07, 6.45) is 2.61. The third-order valence-electron chi connectivity index (χ3n) is 4.52. The second-order valence-corrected chi connectivity index (χ2v) is 8.94. The molecule has 0 aromatic heterocycles. The summed E-state index contributed by atoms with van der Waals surface area (Å²) in [6.45, 7) is 2.06. The van der Waals surface area contributed by atoms with Crippen LogP contribution in [-0.4, -0.2) is 27.2 Å². The first-order valence-electron chi connectivity index (χ1n) is 9.49. The van der Waals surface area contributed by atoms with Crippen molar-refractivity contribution in [2.45, 2.75) is 38.0 Å². The zero-order chi connectivity index (χ0) is 21.3. The molecule has 29 heavy (non-hydrogen) atoms. The van der Waals surface area contributed by atoms with Crippen LogP contribution in [-0.2, 0) is 20.4 Å². The number of unbranched alkanes of at least 4 members (excludes halogenated alkanes) is 1. The maximum Gasteiger partial charge on any atom is 0.235 e. The van der Waals surface area contributed by atoms with Crippen molar-refractivity contribution in [3.8, 4) is 11.8 Å². The van der Waals surface area contributed by atoms with Gasteiger partial charge in [-0.2, -0.15) is 5.26 Å². The van der Waals surface area contributed by atoms with E-state index in [1.165, 1.54) is 0 Å². The summed E-state index contributed by atoms with van der Waals surface area (Å²) in [5, 5.41) is 11.7. The van der Waals surface area contributed by atoms with Gasteiger partial charge in [-0.25, -0.2) is 8.42 Å². The number of hydrogen-bond donors (Lipinski definition) is 1. The molecule has 0 bridgehead atoms. The van der Waals surface area contributed by atoms with E-state index in [0.717, 1.165) is 30.6 Å². The van der Waals surface area contributed by atoms with Crippen molar-refractivity contribution in [2.75, 3.05) is 12.9 Å². The number of sulfone groups is 1. The average molecular weight is 415 g/mol. The van der Waals surface area contributed by atoms with Crippen LogP contribution in [0, 0.1) is 11.3 Å². The van der Waals surface area contributed by atoms with Crippen LogP contribution in [0.1, 0.15) is 48.9 Å². The van der Waals surface area contributed by atoms with Gasteiger partial charge in [-0.15, -0.1) is 0 Å². The topological polar surface area (TPSA) is 96.3 Å². The Morgan fingerprint density at radius 3 is 2.34 bits per heavy atom. The van der Waals surface area contributed by atoms with Crippen molar-refractivity contribution in [3.05, 3.63) is 65.2 Å². The first kappa shape index (κ1) is 22.4. The molecule has 0 aliphatic rings. The quantitative estimate of drug-likeness (QED) is 0.641. The Balaban J connectivity index is 2.04. The highest BCUT2D eigenvalue weighted by atomic mass is 32.2. The number of methoxy groups -OCH3 is 1. The minimum atomic E-state index is -3.63. The minimum absolute atomic E-state index is 0.242. The fourth-order valence-corrected chi connectivity index (χ4v) is 4.27. The first-order chi connectivity index (χ1) is 13.9. The van der Waals surface area contributed by atoms with Crippen LogP contribution in [0.5, 0.6) is 5.75 Å². The van der Waals surface area contributed by atoms with E-state index in [0.29, 0.717) is 11.1 Å². The number of nitrogens with one attached hydrogen (secondary N) is 1. The van der Waals surface area contributed by atoms with E-state index < -0.39 is 21.5 Å². The van der Waals surface area contributed by atoms with Gasteiger partial charge in [0.15, 0.2) is 9.84 Å². The van der Waals surface area contributed by atoms with Crippen LogP contribution in [0.4, 0.5) is 0 Å². The molecule has 0 saturated carbocycles. The number of nitrogens with zero attached hydrogens (tertiary/aromatic N) is 1. The number of carbonyl (C=O) groups is 1. The summed E-state index contributed by atoms with van der Waals surface area (Å²) in [5.74, 6) is -0.616. The molecule has 2 aromatic carbocycles. The van der Waals surface area contributed by atoms with Gasteiger partial charge in [-0.1, -0.05) is 44.0 Å². The lowest BCUT2D eigenvalue weighted by Crippen LogP contribution is -2.34. The molecule has 0 spiro atoms. The van der Waals surface area contributed by atoms with Crippen LogP contribution < -0.4 is 10.1 Å². The van der Waals surface area contributed by atoms with E-state index in [4.69, 9.17) is 10.00 Å². The van der Waals surface area contributed by atoms with Crippen molar-refractivity contribution in [1.82, 2.24) is 5.32 Å². The van der Waals surface area contributed by atoms with E-state index in [2.05, 4.69) is 12.2 Å². The Bertz CT molecular complexity index is 946. The molecule has 2 aromatic rings. The van der Waals surface area contributed by atoms with Gasteiger partial charge in [0.1, 0.15) is 11.5 Å². The highest BCUT2D eigenvalue weighted by Gasteiger charge is 2.21. The molecule has 0 heterocycles. The molecule has 0 radical (unpaired) electrons. The lowest BCUT2D eigenvalue weighted by Gasteiger charge is -2.19. The molecular formula is C22H26N2O4S. The number of nitriles is 1. The van der Waals surface area contributed by atoms with Crippen LogP contribution in [0.15, 0.2) is 48.5 Å². The number of rotatable bonds is 10. The van der Waals surface area contributed by atoms with Crippen LogP contribution in [0.3, 0.4) is 0 Å². The van der Waals surface area contributed by atoms with Crippen molar-refractivity contribution in [1.29, 1.82) is 5.26 Å². The Labute approximate surface area is 172 Å². The smallest absolute Gasteiger partial charge is 0.235 e. The number of hydrogen-bond acceptors (Lipinski definition) is 5. The maximum atomic E-state index is 12.5. The SMILES string of the molecule is CCCCC(NC(=O)CS(=O)(=O)Cc1ccc(C#N)cc1)c1ccc(OC)cc1. The van der Waals surface area contributed by atoms with Gasteiger partial charge in [0.25, 0.3) is 0 Å². The molecule has 2 rings (SSSR count).